The van der Waals surface area contributed by atoms with Gasteiger partial charge in [-0.15, -0.1) is 0 Å². The van der Waals surface area contributed by atoms with Crippen LogP contribution in [-0.2, 0) is 11.3 Å². The first-order chi connectivity index (χ1) is 11.7. The predicted octanol–water partition coefficient (Wildman–Crippen LogP) is 4.33. The van der Waals surface area contributed by atoms with E-state index in [-0.39, 0.29) is 0 Å². The number of ether oxygens (including phenoxy) is 1. The highest BCUT2D eigenvalue weighted by atomic mass is 32.2. The summed E-state index contributed by atoms with van der Waals surface area (Å²) in [6.07, 6.45) is 8.79. The molecule has 0 fully saturated rings. The minimum absolute atomic E-state index is 0.489. The number of rotatable bonds is 14. The van der Waals surface area contributed by atoms with Crippen molar-refractivity contribution in [2.45, 2.75) is 58.0 Å². The van der Waals surface area contributed by atoms with Crippen LogP contribution in [0.4, 0.5) is 0 Å². The van der Waals surface area contributed by atoms with Gasteiger partial charge in [0.2, 0.25) is 0 Å². The zero-order valence-corrected chi connectivity index (χ0v) is 15.7. The van der Waals surface area contributed by atoms with Gasteiger partial charge in [-0.3, -0.25) is 4.79 Å². The number of hydrogen-bond donors (Lipinski definition) is 2. The van der Waals surface area contributed by atoms with Crippen molar-refractivity contribution in [3.05, 3.63) is 29.8 Å². The minimum atomic E-state index is -0.785. The summed E-state index contributed by atoms with van der Waals surface area (Å²) in [6.45, 7) is 3.54. The lowest BCUT2D eigenvalue weighted by Gasteiger charge is -2.14. The molecule has 0 aliphatic heterocycles. The van der Waals surface area contributed by atoms with Gasteiger partial charge in [-0.05, 0) is 42.5 Å². The number of carboxylic acids is 1. The topological polar surface area (TPSA) is 58.6 Å². The molecule has 0 aromatic heterocycles. The van der Waals surface area contributed by atoms with E-state index in [1.165, 1.54) is 25.7 Å². The Balaban J connectivity index is 2.29. The third kappa shape index (κ3) is 9.18. The Labute approximate surface area is 150 Å². The molecule has 1 atom stereocenters. The van der Waals surface area contributed by atoms with Crippen LogP contribution in [0.25, 0.3) is 0 Å². The first-order valence-corrected chi connectivity index (χ1v) is 10.2. The zero-order valence-electron chi connectivity index (χ0n) is 14.9. The Hall–Kier alpha value is -1.20. The Morgan fingerprint density at radius 3 is 2.54 bits per heavy atom. The molecule has 0 saturated heterocycles. The van der Waals surface area contributed by atoms with E-state index in [0.29, 0.717) is 13.0 Å². The fourth-order valence-electron chi connectivity index (χ4n) is 2.39. The Bertz CT molecular complexity index is 450. The zero-order chi connectivity index (χ0) is 17.6. The summed E-state index contributed by atoms with van der Waals surface area (Å²) in [5, 5.41) is 12.3. The Kier molecular flexibility index (Phi) is 11.4. The average molecular weight is 354 g/mol. The van der Waals surface area contributed by atoms with Crippen LogP contribution >= 0.6 is 11.8 Å². The summed E-state index contributed by atoms with van der Waals surface area (Å²) < 4.78 is 5.74. The van der Waals surface area contributed by atoms with Crippen molar-refractivity contribution >= 4 is 17.7 Å². The molecule has 1 aromatic rings. The molecule has 0 saturated carbocycles. The quantitative estimate of drug-likeness (QED) is 0.488. The summed E-state index contributed by atoms with van der Waals surface area (Å²) in [6, 6.07) is 7.41. The van der Waals surface area contributed by atoms with E-state index < -0.39 is 12.0 Å². The van der Waals surface area contributed by atoms with Crippen molar-refractivity contribution in [1.82, 2.24) is 5.32 Å². The van der Waals surface area contributed by atoms with Crippen molar-refractivity contribution in [2.75, 3.05) is 18.6 Å². The van der Waals surface area contributed by atoms with Gasteiger partial charge >= 0.3 is 5.97 Å². The van der Waals surface area contributed by atoms with E-state index in [1.807, 2.05) is 30.5 Å². The second kappa shape index (κ2) is 13.1. The number of hydrogen-bond acceptors (Lipinski definition) is 4. The van der Waals surface area contributed by atoms with E-state index in [9.17, 15) is 9.90 Å². The molecule has 136 valence electrons. The van der Waals surface area contributed by atoms with Gasteiger partial charge in [0.05, 0.1) is 6.61 Å². The van der Waals surface area contributed by atoms with E-state index in [4.69, 9.17) is 4.74 Å². The van der Waals surface area contributed by atoms with Crippen LogP contribution in [0.2, 0.25) is 0 Å². The third-order valence-electron chi connectivity index (χ3n) is 3.90. The maximum Gasteiger partial charge on any atom is 0.320 e. The number of unbranched alkanes of at least 4 members (excludes halogenated alkanes) is 4. The number of aliphatic carboxylic acids is 1. The summed E-state index contributed by atoms with van der Waals surface area (Å²) in [5.74, 6) is 0.938. The molecule has 0 radical (unpaired) electrons. The van der Waals surface area contributed by atoms with Crippen LogP contribution < -0.4 is 10.1 Å². The van der Waals surface area contributed by atoms with Crippen molar-refractivity contribution in [1.29, 1.82) is 0 Å². The maximum atomic E-state index is 11.2. The largest absolute Gasteiger partial charge is 0.494 e. The van der Waals surface area contributed by atoms with Gasteiger partial charge in [0.25, 0.3) is 0 Å². The lowest BCUT2D eigenvalue weighted by molar-refractivity contribution is -0.139. The fourth-order valence-corrected chi connectivity index (χ4v) is 2.86. The third-order valence-corrected chi connectivity index (χ3v) is 4.55. The van der Waals surface area contributed by atoms with Gasteiger partial charge in [0.1, 0.15) is 11.8 Å². The molecule has 2 N–H and O–H groups in total. The molecule has 5 heteroatoms. The Morgan fingerprint density at radius 2 is 1.92 bits per heavy atom. The summed E-state index contributed by atoms with van der Waals surface area (Å²) in [5.41, 5.74) is 1.07. The van der Waals surface area contributed by atoms with Gasteiger partial charge in [-0.2, -0.15) is 11.8 Å². The van der Waals surface area contributed by atoms with Crippen LogP contribution in [0, 0.1) is 0 Å². The monoisotopic (exact) mass is 353 g/mol. The second-order valence-corrected chi connectivity index (χ2v) is 6.95. The number of carbonyl (C=O) groups is 1. The lowest BCUT2D eigenvalue weighted by Crippen LogP contribution is -2.36. The molecule has 0 aliphatic carbocycles. The average Bonchev–Trinajstić information content (AvgIpc) is 2.59. The molecular formula is C19H31NO3S. The normalized spacial score (nSPS) is 12.1. The van der Waals surface area contributed by atoms with E-state index in [1.54, 1.807) is 11.8 Å². The molecule has 0 unspecified atom stereocenters. The molecule has 0 heterocycles. The van der Waals surface area contributed by atoms with Gasteiger partial charge in [-0.1, -0.05) is 44.7 Å². The molecule has 4 nitrogen and oxygen atoms in total. The van der Waals surface area contributed by atoms with Crippen LogP contribution in [0.1, 0.15) is 51.0 Å². The van der Waals surface area contributed by atoms with E-state index in [0.717, 1.165) is 30.1 Å². The minimum Gasteiger partial charge on any atom is -0.494 e. The van der Waals surface area contributed by atoms with Crippen molar-refractivity contribution in [3.8, 4) is 5.75 Å². The second-order valence-electron chi connectivity index (χ2n) is 5.96. The Morgan fingerprint density at radius 1 is 1.21 bits per heavy atom. The lowest BCUT2D eigenvalue weighted by atomic mass is 10.1. The first-order valence-electron chi connectivity index (χ1n) is 8.84. The summed E-state index contributed by atoms with van der Waals surface area (Å²) in [7, 11) is 0. The van der Waals surface area contributed by atoms with Crippen molar-refractivity contribution in [3.63, 3.8) is 0 Å². The molecule has 0 bridgehead atoms. The fraction of sp³-hybridized carbons (Fsp3) is 0.632. The standard InChI is InChI=1S/C19H31NO3S/c1-3-4-5-6-7-13-23-17-10-8-16(9-11-17)15-20-18(19(21)22)12-14-24-2/h8-11,18,20H,3-7,12-15H2,1-2H3,(H,21,22)/t18-/m0/s1. The van der Waals surface area contributed by atoms with Crippen LogP contribution in [0.15, 0.2) is 24.3 Å². The SMILES string of the molecule is CCCCCCCOc1ccc(CN[C@@H](CCSC)C(=O)O)cc1. The van der Waals surface area contributed by atoms with Gasteiger partial charge < -0.3 is 15.2 Å². The van der Waals surface area contributed by atoms with Crippen LogP contribution in [0.3, 0.4) is 0 Å². The van der Waals surface area contributed by atoms with E-state index in [2.05, 4.69) is 12.2 Å². The molecule has 1 aromatic carbocycles. The first kappa shape index (κ1) is 20.8. The van der Waals surface area contributed by atoms with Crippen LogP contribution in [-0.4, -0.2) is 35.7 Å². The van der Waals surface area contributed by atoms with Gasteiger partial charge in [-0.25, -0.2) is 0 Å². The van der Waals surface area contributed by atoms with Crippen molar-refractivity contribution < 1.29 is 14.6 Å². The molecule has 0 amide bonds. The molecular weight excluding hydrogens is 322 g/mol. The molecule has 1 rings (SSSR count). The van der Waals surface area contributed by atoms with E-state index >= 15 is 0 Å². The van der Waals surface area contributed by atoms with Gasteiger partial charge in [0.15, 0.2) is 0 Å². The van der Waals surface area contributed by atoms with Gasteiger partial charge in [0, 0.05) is 6.54 Å². The number of nitrogens with one attached hydrogen (secondary N) is 1. The smallest absolute Gasteiger partial charge is 0.320 e. The highest BCUT2D eigenvalue weighted by Gasteiger charge is 2.15. The maximum absolute atomic E-state index is 11.2. The highest BCUT2D eigenvalue weighted by molar-refractivity contribution is 7.98. The summed E-state index contributed by atoms with van der Waals surface area (Å²) in [4.78, 5) is 11.2. The van der Waals surface area contributed by atoms with Crippen LogP contribution in [0.5, 0.6) is 5.75 Å². The number of benzene rings is 1. The number of thioether (sulfide) groups is 1. The summed E-state index contributed by atoms with van der Waals surface area (Å²) >= 11 is 1.66. The predicted molar refractivity (Wildman–Crippen MR) is 102 cm³/mol. The molecule has 0 aliphatic rings. The number of carboxylic acid groups (broad SMARTS) is 1. The van der Waals surface area contributed by atoms with Crippen molar-refractivity contribution in [2.24, 2.45) is 0 Å². The molecule has 24 heavy (non-hydrogen) atoms. The highest BCUT2D eigenvalue weighted by Crippen LogP contribution is 2.13. The molecule has 0 spiro atoms.